The SMILES string of the molecule is COc1cc(/C=C/C(=O)Nc2nnc(C(C)C)s2)ccc1OCC#N. The van der Waals surface area contributed by atoms with Crippen molar-refractivity contribution in [1.29, 1.82) is 5.26 Å². The highest BCUT2D eigenvalue weighted by Gasteiger charge is 2.09. The number of nitrogens with one attached hydrogen (secondary N) is 1. The van der Waals surface area contributed by atoms with E-state index in [1.807, 2.05) is 19.9 Å². The monoisotopic (exact) mass is 358 g/mol. The van der Waals surface area contributed by atoms with Crippen LogP contribution in [0, 0.1) is 11.3 Å². The highest BCUT2D eigenvalue weighted by molar-refractivity contribution is 7.15. The van der Waals surface area contributed by atoms with Gasteiger partial charge in [-0.15, -0.1) is 10.2 Å². The molecule has 0 saturated heterocycles. The summed E-state index contributed by atoms with van der Waals surface area (Å²) in [4.78, 5) is 12.0. The largest absolute Gasteiger partial charge is 0.493 e. The fourth-order valence-electron chi connectivity index (χ4n) is 1.85. The van der Waals surface area contributed by atoms with Crippen molar-refractivity contribution < 1.29 is 14.3 Å². The second-order valence-corrected chi connectivity index (χ2v) is 6.29. The summed E-state index contributed by atoms with van der Waals surface area (Å²) in [5.41, 5.74) is 0.761. The van der Waals surface area contributed by atoms with Crippen molar-refractivity contribution in [3.63, 3.8) is 0 Å². The van der Waals surface area contributed by atoms with Gasteiger partial charge in [0.05, 0.1) is 7.11 Å². The molecule has 1 aromatic carbocycles. The van der Waals surface area contributed by atoms with Gasteiger partial charge in [0.2, 0.25) is 11.0 Å². The lowest BCUT2D eigenvalue weighted by atomic mass is 10.2. The minimum atomic E-state index is -0.296. The number of aromatic nitrogens is 2. The number of carbonyl (C=O) groups excluding carboxylic acids is 1. The van der Waals surface area contributed by atoms with E-state index in [4.69, 9.17) is 14.7 Å². The van der Waals surface area contributed by atoms with Crippen LogP contribution in [0.1, 0.15) is 30.3 Å². The van der Waals surface area contributed by atoms with Gasteiger partial charge in [-0.25, -0.2) is 0 Å². The van der Waals surface area contributed by atoms with Gasteiger partial charge in [0.15, 0.2) is 18.1 Å². The van der Waals surface area contributed by atoms with E-state index in [1.165, 1.54) is 24.5 Å². The van der Waals surface area contributed by atoms with Gasteiger partial charge in [-0.3, -0.25) is 10.1 Å². The molecule has 2 rings (SSSR count). The van der Waals surface area contributed by atoms with Crippen LogP contribution in [0.2, 0.25) is 0 Å². The number of amides is 1. The quantitative estimate of drug-likeness (QED) is 0.763. The molecule has 0 radical (unpaired) electrons. The first kappa shape index (κ1) is 18.4. The molecule has 0 aliphatic carbocycles. The molecular formula is C17H18N4O3S. The number of nitriles is 1. The summed E-state index contributed by atoms with van der Waals surface area (Å²) in [6.45, 7) is 3.97. The lowest BCUT2D eigenvalue weighted by Crippen LogP contribution is -2.07. The van der Waals surface area contributed by atoms with Crippen molar-refractivity contribution in [3.05, 3.63) is 34.8 Å². The van der Waals surface area contributed by atoms with Gasteiger partial charge in [-0.05, 0) is 23.8 Å². The van der Waals surface area contributed by atoms with E-state index < -0.39 is 0 Å². The summed E-state index contributed by atoms with van der Waals surface area (Å²) in [6.07, 6.45) is 3.05. The van der Waals surface area contributed by atoms with Crippen molar-refractivity contribution in [2.45, 2.75) is 19.8 Å². The van der Waals surface area contributed by atoms with E-state index in [0.29, 0.717) is 16.6 Å². The number of anilines is 1. The molecule has 0 aliphatic heterocycles. The average molecular weight is 358 g/mol. The first-order valence-electron chi connectivity index (χ1n) is 7.53. The molecule has 0 bridgehead atoms. The van der Waals surface area contributed by atoms with Crippen LogP contribution in [0.15, 0.2) is 24.3 Å². The Morgan fingerprint density at radius 1 is 1.40 bits per heavy atom. The number of rotatable bonds is 7. The summed E-state index contributed by atoms with van der Waals surface area (Å²) in [6, 6.07) is 7.07. The number of carbonyl (C=O) groups is 1. The molecule has 0 spiro atoms. The van der Waals surface area contributed by atoms with Crippen molar-refractivity contribution >= 4 is 28.5 Å². The molecule has 7 nitrogen and oxygen atoms in total. The smallest absolute Gasteiger partial charge is 0.250 e. The Bertz CT molecular complexity index is 808. The molecule has 1 N–H and O–H groups in total. The highest BCUT2D eigenvalue weighted by Crippen LogP contribution is 2.28. The molecule has 1 amide bonds. The van der Waals surface area contributed by atoms with E-state index in [1.54, 1.807) is 24.3 Å². The van der Waals surface area contributed by atoms with Gasteiger partial charge in [-0.2, -0.15) is 5.26 Å². The summed E-state index contributed by atoms with van der Waals surface area (Å²) in [7, 11) is 1.51. The molecule has 1 heterocycles. The third-order valence-electron chi connectivity index (χ3n) is 3.07. The van der Waals surface area contributed by atoms with E-state index in [9.17, 15) is 4.79 Å². The molecule has 0 unspecified atom stereocenters. The Kier molecular flexibility index (Phi) is 6.48. The number of ether oxygens (including phenoxy) is 2. The molecule has 0 saturated carbocycles. The highest BCUT2D eigenvalue weighted by atomic mass is 32.1. The van der Waals surface area contributed by atoms with Crippen LogP contribution in [0.4, 0.5) is 5.13 Å². The Morgan fingerprint density at radius 3 is 2.84 bits per heavy atom. The molecule has 25 heavy (non-hydrogen) atoms. The number of hydrogen-bond donors (Lipinski definition) is 1. The van der Waals surface area contributed by atoms with E-state index in [2.05, 4.69) is 15.5 Å². The van der Waals surface area contributed by atoms with Crippen LogP contribution >= 0.6 is 11.3 Å². The zero-order chi connectivity index (χ0) is 18.2. The van der Waals surface area contributed by atoms with Gasteiger partial charge >= 0.3 is 0 Å². The normalized spacial score (nSPS) is 10.7. The van der Waals surface area contributed by atoms with Crippen LogP contribution < -0.4 is 14.8 Å². The number of nitrogens with zero attached hydrogens (tertiary/aromatic N) is 3. The van der Waals surface area contributed by atoms with Gasteiger partial charge in [-0.1, -0.05) is 31.3 Å². The summed E-state index contributed by atoms with van der Waals surface area (Å²) >= 11 is 1.36. The van der Waals surface area contributed by atoms with Crippen LogP contribution in [0.3, 0.4) is 0 Å². The molecule has 0 atom stereocenters. The maximum Gasteiger partial charge on any atom is 0.250 e. The average Bonchev–Trinajstić information content (AvgIpc) is 3.07. The molecule has 0 aliphatic rings. The fraction of sp³-hybridized carbons (Fsp3) is 0.294. The predicted octanol–water partition coefficient (Wildman–Crippen LogP) is 3.22. The van der Waals surface area contributed by atoms with Crippen molar-refractivity contribution in [2.75, 3.05) is 19.0 Å². The van der Waals surface area contributed by atoms with Crippen molar-refractivity contribution in [1.82, 2.24) is 10.2 Å². The number of methoxy groups -OCH3 is 1. The van der Waals surface area contributed by atoms with Crippen LogP contribution in [0.25, 0.3) is 6.08 Å². The van der Waals surface area contributed by atoms with Gasteiger partial charge in [0.1, 0.15) is 11.1 Å². The third-order valence-corrected chi connectivity index (χ3v) is 4.21. The van der Waals surface area contributed by atoms with Gasteiger partial charge in [0.25, 0.3) is 0 Å². The first-order chi connectivity index (χ1) is 12.0. The zero-order valence-electron chi connectivity index (χ0n) is 14.1. The second kappa shape index (κ2) is 8.80. The van der Waals surface area contributed by atoms with Crippen LogP contribution in [0.5, 0.6) is 11.5 Å². The minimum absolute atomic E-state index is 0.0613. The lowest BCUT2D eigenvalue weighted by molar-refractivity contribution is -0.111. The zero-order valence-corrected chi connectivity index (χ0v) is 15.0. The summed E-state index contributed by atoms with van der Waals surface area (Å²) in [5.74, 6) is 0.937. The van der Waals surface area contributed by atoms with E-state index in [-0.39, 0.29) is 18.4 Å². The maximum atomic E-state index is 12.0. The maximum absolute atomic E-state index is 12.0. The molecular weight excluding hydrogens is 340 g/mol. The third kappa shape index (κ3) is 5.29. The van der Waals surface area contributed by atoms with Crippen LogP contribution in [-0.2, 0) is 4.79 Å². The number of hydrogen-bond acceptors (Lipinski definition) is 7. The second-order valence-electron chi connectivity index (χ2n) is 5.28. The van der Waals surface area contributed by atoms with Gasteiger partial charge in [0, 0.05) is 12.0 Å². The predicted molar refractivity (Wildman–Crippen MR) is 95.8 cm³/mol. The Morgan fingerprint density at radius 2 is 2.20 bits per heavy atom. The van der Waals surface area contributed by atoms with Crippen molar-refractivity contribution in [2.24, 2.45) is 0 Å². The topological polar surface area (TPSA) is 97.1 Å². The Hall–Kier alpha value is -2.92. The standard InChI is InChI=1S/C17H18N4O3S/c1-11(2)16-20-21-17(25-16)19-15(22)7-5-12-4-6-13(24-9-8-18)14(10-12)23-3/h4-7,10-11H,9H2,1-3H3,(H,19,21,22)/b7-5+. The molecule has 0 fully saturated rings. The Labute approximate surface area is 149 Å². The molecule has 1 aromatic heterocycles. The Balaban J connectivity index is 2.02. The molecule has 2 aromatic rings. The summed E-state index contributed by atoms with van der Waals surface area (Å²) in [5, 5.41) is 20.5. The number of benzene rings is 1. The van der Waals surface area contributed by atoms with E-state index >= 15 is 0 Å². The molecule has 8 heteroatoms. The van der Waals surface area contributed by atoms with Crippen LogP contribution in [-0.4, -0.2) is 29.8 Å². The van der Waals surface area contributed by atoms with E-state index in [0.717, 1.165) is 10.6 Å². The fourth-order valence-corrected chi connectivity index (χ4v) is 2.60. The molecule has 130 valence electrons. The first-order valence-corrected chi connectivity index (χ1v) is 8.35. The van der Waals surface area contributed by atoms with Gasteiger partial charge < -0.3 is 9.47 Å². The summed E-state index contributed by atoms with van der Waals surface area (Å²) < 4.78 is 10.5. The van der Waals surface area contributed by atoms with Crippen molar-refractivity contribution in [3.8, 4) is 17.6 Å². The minimum Gasteiger partial charge on any atom is -0.493 e. The lowest BCUT2D eigenvalue weighted by Gasteiger charge is -2.08.